The van der Waals surface area contributed by atoms with E-state index in [-0.39, 0.29) is 0 Å². The molecule has 14 heavy (non-hydrogen) atoms. The van der Waals surface area contributed by atoms with Gasteiger partial charge in [-0.2, -0.15) is 0 Å². The van der Waals surface area contributed by atoms with Gasteiger partial charge in [-0.25, -0.2) is 0 Å². The molecule has 0 spiro atoms. The fourth-order valence-electron chi connectivity index (χ4n) is 1.70. The van der Waals surface area contributed by atoms with Crippen LogP contribution in [-0.4, -0.2) is 0 Å². The third-order valence-electron chi connectivity index (χ3n) is 2.60. The van der Waals surface area contributed by atoms with Crippen molar-refractivity contribution < 1.29 is 0 Å². The first-order valence-electron chi connectivity index (χ1n) is 5.34. The van der Waals surface area contributed by atoms with Crippen molar-refractivity contribution in [2.45, 2.75) is 34.6 Å². The van der Waals surface area contributed by atoms with Gasteiger partial charge in [0.1, 0.15) is 0 Å². The fraction of sp³-hybridized carbons (Fsp3) is 0.429. The predicted molar refractivity (Wildman–Crippen MR) is 66.3 cm³/mol. The third-order valence-corrected chi connectivity index (χ3v) is 2.60. The maximum atomic E-state index is 4.07. The molecule has 1 saturated carbocycles. The minimum absolute atomic E-state index is 0.419. The monoisotopic (exact) mass is 190 g/mol. The van der Waals surface area contributed by atoms with Crippen LogP contribution in [0.15, 0.2) is 47.6 Å². The van der Waals surface area contributed by atoms with Crippen molar-refractivity contribution in [1.82, 2.24) is 0 Å². The largest absolute Gasteiger partial charge is 0.0946 e. The van der Waals surface area contributed by atoms with Crippen molar-refractivity contribution in [2.24, 2.45) is 5.92 Å². The van der Waals surface area contributed by atoms with Crippen molar-refractivity contribution in [1.29, 1.82) is 0 Å². The van der Waals surface area contributed by atoms with Gasteiger partial charge in [0, 0.05) is 5.92 Å². The molecule has 78 valence electrons. The lowest BCUT2D eigenvalue weighted by Crippen LogP contribution is -1.89. The Kier molecular flexibility index (Phi) is 5.22. The second-order valence-electron chi connectivity index (χ2n) is 3.18. The molecular weight excluding hydrogens is 168 g/mol. The van der Waals surface area contributed by atoms with Gasteiger partial charge in [-0.3, -0.25) is 0 Å². The summed E-state index contributed by atoms with van der Waals surface area (Å²) in [4.78, 5) is 0. The van der Waals surface area contributed by atoms with E-state index in [0.29, 0.717) is 5.92 Å². The highest BCUT2D eigenvalue weighted by Gasteiger charge is 2.26. The summed E-state index contributed by atoms with van der Waals surface area (Å²) in [6.07, 6.45) is 4.23. The first-order valence-corrected chi connectivity index (χ1v) is 5.34. The van der Waals surface area contributed by atoms with Crippen molar-refractivity contribution in [3.05, 3.63) is 47.6 Å². The average Bonchev–Trinajstić information content (AvgIpc) is 2.44. The van der Waals surface area contributed by atoms with Gasteiger partial charge in [0.05, 0.1) is 0 Å². The molecular formula is C14H22. The van der Waals surface area contributed by atoms with Gasteiger partial charge in [0.15, 0.2) is 0 Å². The van der Waals surface area contributed by atoms with Gasteiger partial charge in [0.2, 0.25) is 0 Å². The summed E-state index contributed by atoms with van der Waals surface area (Å²) in [5, 5.41) is 0. The molecule has 0 unspecified atom stereocenters. The van der Waals surface area contributed by atoms with Crippen LogP contribution < -0.4 is 0 Å². The van der Waals surface area contributed by atoms with Crippen LogP contribution >= 0.6 is 0 Å². The smallest absolute Gasteiger partial charge is 0.00613 e. The average molecular weight is 190 g/mol. The van der Waals surface area contributed by atoms with Gasteiger partial charge in [0.25, 0.3) is 0 Å². The molecule has 0 bridgehead atoms. The lowest BCUT2D eigenvalue weighted by molar-refractivity contribution is 0.884. The van der Waals surface area contributed by atoms with Crippen LogP contribution in [0.5, 0.6) is 0 Å². The van der Waals surface area contributed by atoms with Gasteiger partial charge in [-0.05, 0) is 36.1 Å². The summed E-state index contributed by atoms with van der Waals surface area (Å²) in [5.74, 6) is 0.419. The summed E-state index contributed by atoms with van der Waals surface area (Å²) in [6, 6.07) is 0. The van der Waals surface area contributed by atoms with Crippen molar-refractivity contribution in [3.63, 3.8) is 0 Å². The van der Waals surface area contributed by atoms with Crippen LogP contribution in [0.25, 0.3) is 0 Å². The summed E-state index contributed by atoms with van der Waals surface area (Å²) in [5.41, 5.74) is 4.95. The topological polar surface area (TPSA) is 0 Å². The van der Waals surface area contributed by atoms with Crippen LogP contribution in [0.4, 0.5) is 0 Å². The molecule has 0 aliphatic heterocycles. The second kappa shape index (κ2) is 5.64. The fourth-order valence-corrected chi connectivity index (χ4v) is 1.70. The minimum Gasteiger partial charge on any atom is -0.0946 e. The zero-order valence-corrected chi connectivity index (χ0v) is 10.1. The molecule has 0 heteroatoms. The molecule has 0 aromatic heterocycles. The Bertz CT molecular complexity index is 257. The predicted octanol–water partition coefficient (Wildman–Crippen LogP) is 4.67. The van der Waals surface area contributed by atoms with Gasteiger partial charge in [-0.1, -0.05) is 46.1 Å². The quantitative estimate of drug-likeness (QED) is 0.521. The van der Waals surface area contributed by atoms with E-state index in [4.69, 9.17) is 0 Å². The SMILES string of the molecule is C=C1C(=C/C)/C(=C\C)C(=C)C1C.CC. The van der Waals surface area contributed by atoms with Crippen molar-refractivity contribution in [3.8, 4) is 0 Å². The first kappa shape index (κ1) is 13.0. The zero-order chi connectivity index (χ0) is 11.3. The van der Waals surface area contributed by atoms with E-state index in [0.717, 1.165) is 0 Å². The van der Waals surface area contributed by atoms with E-state index in [1.807, 2.05) is 13.8 Å². The Morgan fingerprint density at radius 3 is 1.43 bits per heavy atom. The Morgan fingerprint density at radius 1 is 0.929 bits per heavy atom. The molecule has 0 atom stereocenters. The first-order chi connectivity index (χ1) is 6.63. The Labute approximate surface area is 88.7 Å². The molecule has 1 aliphatic carbocycles. The van der Waals surface area contributed by atoms with Gasteiger partial charge < -0.3 is 0 Å². The molecule has 0 amide bonds. The normalized spacial score (nSPS) is 26.8. The number of hydrogen-bond donors (Lipinski definition) is 0. The lowest BCUT2D eigenvalue weighted by atomic mass is 10.0. The highest BCUT2D eigenvalue weighted by molar-refractivity contribution is 5.64. The number of allylic oxidation sites excluding steroid dienone is 6. The molecule has 0 radical (unpaired) electrons. The maximum Gasteiger partial charge on any atom is 0.00613 e. The van der Waals surface area contributed by atoms with Crippen molar-refractivity contribution in [2.75, 3.05) is 0 Å². The molecule has 0 N–H and O–H groups in total. The Hall–Kier alpha value is -1.04. The summed E-state index contributed by atoms with van der Waals surface area (Å²) in [6.45, 7) is 18.4. The van der Waals surface area contributed by atoms with Crippen LogP contribution in [0.1, 0.15) is 34.6 Å². The van der Waals surface area contributed by atoms with Gasteiger partial charge >= 0.3 is 0 Å². The molecule has 1 fully saturated rings. The maximum absolute atomic E-state index is 4.07. The molecule has 0 saturated heterocycles. The summed E-state index contributed by atoms with van der Waals surface area (Å²) in [7, 11) is 0. The van der Waals surface area contributed by atoms with Crippen molar-refractivity contribution >= 4 is 0 Å². The van der Waals surface area contributed by atoms with Gasteiger partial charge in [-0.15, -0.1) is 0 Å². The minimum atomic E-state index is 0.419. The molecule has 1 rings (SSSR count). The third kappa shape index (κ3) is 2.06. The van der Waals surface area contributed by atoms with Crippen LogP contribution in [0.2, 0.25) is 0 Å². The number of rotatable bonds is 0. The van der Waals surface area contributed by atoms with Crippen LogP contribution in [0, 0.1) is 5.92 Å². The molecule has 0 nitrogen and oxygen atoms in total. The summed E-state index contributed by atoms with van der Waals surface area (Å²) < 4.78 is 0. The molecule has 0 aromatic carbocycles. The van der Waals surface area contributed by atoms with E-state index in [9.17, 15) is 0 Å². The standard InChI is InChI=1S/C12H16.C2H6/c1-6-11-9(4)8(3)10(5)12(11)7-2;1-2/h6-8H,4-5H2,1-3H3;1-2H3/b11-6-,12-7-;. The van der Waals surface area contributed by atoms with E-state index in [2.05, 4.69) is 46.1 Å². The summed E-state index contributed by atoms with van der Waals surface area (Å²) >= 11 is 0. The Balaban J connectivity index is 0.000000791. The van der Waals surface area contributed by atoms with E-state index in [1.165, 1.54) is 22.3 Å². The molecule has 0 aromatic rings. The molecule has 0 heterocycles. The van der Waals surface area contributed by atoms with E-state index in [1.54, 1.807) is 0 Å². The highest BCUT2D eigenvalue weighted by Crippen LogP contribution is 2.42. The van der Waals surface area contributed by atoms with E-state index < -0.39 is 0 Å². The van der Waals surface area contributed by atoms with Crippen LogP contribution in [0.3, 0.4) is 0 Å². The number of hydrogen-bond acceptors (Lipinski definition) is 0. The van der Waals surface area contributed by atoms with Crippen LogP contribution in [-0.2, 0) is 0 Å². The second-order valence-corrected chi connectivity index (χ2v) is 3.18. The highest BCUT2D eigenvalue weighted by atomic mass is 14.3. The Morgan fingerprint density at radius 2 is 1.21 bits per heavy atom. The lowest BCUT2D eigenvalue weighted by Gasteiger charge is -2.01. The zero-order valence-electron chi connectivity index (χ0n) is 10.1. The van der Waals surface area contributed by atoms with E-state index >= 15 is 0 Å². The molecule has 1 aliphatic rings.